The van der Waals surface area contributed by atoms with Crippen molar-refractivity contribution in [2.75, 3.05) is 13.1 Å². The van der Waals surface area contributed by atoms with Crippen molar-refractivity contribution in [3.63, 3.8) is 0 Å². The Morgan fingerprint density at radius 2 is 2.27 bits per heavy atom. The molecule has 2 N–H and O–H groups in total. The maximum Gasteiger partial charge on any atom is 0.229 e. The first-order valence-electron chi connectivity index (χ1n) is 3.49. The molecule has 0 unspecified atom stereocenters. The summed E-state index contributed by atoms with van der Waals surface area (Å²) in [6, 6.07) is 0. The van der Waals surface area contributed by atoms with Crippen molar-refractivity contribution < 1.29 is 8.42 Å². The number of nitrogens with one attached hydrogen (secondary N) is 2. The molecular formula is C5H11ClN2O2S. The van der Waals surface area contributed by atoms with Crippen molar-refractivity contribution in [3.8, 4) is 0 Å². The summed E-state index contributed by atoms with van der Waals surface area (Å²) in [5, 5.41) is 2.63. The van der Waals surface area contributed by atoms with Gasteiger partial charge in [0.15, 0.2) is 0 Å². The summed E-state index contributed by atoms with van der Waals surface area (Å²) in [4.78, 5) is 0. The first-order chi connectivity index (χ1) is 5.17. The smallest absolute Gasteiger partial charge is 0.229 e. The van der Waals surface area contributed by atoms with E-state index < -0.39 is 10.0 Å². The summed E-state index contributed by atoms with van der Waals surface area (Å²) in [7, 11) is -3.27. The van der Waals surface area contributed by atoms with Gasteiger partial charge in [-0.2, -0.15) is 0 Å². The Bertz CT molecular complexity index is 211. The molecule has 1 fully saturated rings. The largest absolute Gasteiger partial charge is 0.315 e. The zero-order valence-electron chi connectivity index (χ0n) is 6.01. The topological polar surface area (TPSA) is 58.2 Å². The van der Waals surface area contributed by atoms with Gasteiger partial charge >= 0.3 is 0 Å². The molecule has 11 heavy (non-hydrogen) atoms. The molecule has 6 heteroatoms. The number of piperidine rings is 1. The minimum Gasteiger partial charge on any atom is -0.315 e. The van der Waals surface area contributed by atoms with E-state index in [2.05, 4.69) is 5.32 Å². The van der Waals surface area contributed by atoms with Crippen LogP contribution in [0, 0.1) is 0 Å². The van der Waals surface area contributed by atoms with Gasteiger partial charge in [0.2, 0.25) is 10.0 Å². The highest BCUT2D eigenvalue weighted by Gasteiger charge is 2.25. The van der Waals surface area contributed by atoms with Gasteiger partial charge in [-0.05, 0) is 31.2 Å². The van der Waals surface area contributed by atoms with E-state index in [1.54, 1.807) is 0 Å². The number of sulfonamides is 1. The Labute approximate surface area is 71.5 Å². The SMILES string of the molecule is O=S(=O)(NCl)[C@H]1CCCNC1. The minimum absolute atomic E-state index is 0.367. The van der Waals surface area contributed by atoms with Crippen molar-refractivity contribution in [3.05, 3.63) is 0 Å². The summed E-state index contributed by atoms with van der Waals surface area (Å²) < 4.78 is 24.0. The number of hydrogen-bond acceptors (Lipinski definition) is 3. The standard InChI is InChI=1S/C5H11ClN2O2S/c6-8-11(9,10)5-2-1-3-7-4-5/h5,7-8H,1-4H2/t5-/m0/s1. The average molecular weight is 199 g/mol. The molecule has 0 bridgehead atoms. The molecule has 1 rings (SSSR count). The van der Waals surface area contributed by atoms with Crippen LogP contribution in [0.2, 0.25) is 0 Å². The fourth-order valence-corrected chi connectivity index (χ4v) is 2.47. The van der Waals surface area contributed by atoms with Crippen LogP contribution in [0.15, 0.2) is 0 Å². The van der Waals surface area contributed by atoms with Crippen molar-refractivity contribution in [1.29, 1.82) is 0 Å². The van der Waals surface area contributed by atoms with E-state index in [1.807, 2.05) is 4.24 Å². The predicted molar refractivity (Wildman–Crippen MR) is 43.8 cm³/mol. The Kier molecular flexibility index (Phi) is 3.12. The van der Waals surface area contributed by atoms with E-state index in [0.29, 0.717) is 13.0 Å². The van der Waals surface area contributed by atoms with E-state index in [-0.39, 0.29) is 5.25 Å². The quantitative estimate of drug-likeness (QED) is 0.605. The molecule has 66 valence electrons. The predicted octanol–water partition coefficient (Wildman–Crippen LogP) is -0.188. The lowest BCUT2D eigenvalue weighted by Gasteiger charge is -2.21. The maximum atomic E-state index is 11.1. The van der Waals surface area contributed by atoms with Crippen LogP contribution in [-0.4, -0.2) is 26.8 Å². The molecule has 0 amide bonds. The molecule has 0 radical (unpaired) electrons. The third kappa shape index (κ3) is 2.30. The molecular weight excluding hydrogens is 188 g/mol. The highest BCUT2D eigenvalue weighted by Crippen LogP contribution is 2.10. The second-order valence-corrected chi connectivity index (χ2v) is 4.96. The van der Waals surface area contributed by atoms with E-state index in [9.17, 15) is 8.42 Å². The Morgan fingerprint density at radius 1 is 1.55 bits per heavy atom. The van der Waals surface area contributed by atoms with E-state index in [1.165, 1.54) is 0 Å². The Morgan fingerprint density at radius 3 is 2.73 bits per heavy atom. The summed E-state index contributed by atoms with van der Waals surface area (Å²) in [6.07, 6.45) is 1.58. The maximum absolute atomic E-state index is 11.1. The number of halogens is 1. The molecule has 1 aliphatic heterocycles. The van der Waals surface area contributed by atoms with Crippen molar-refractivity contribution in [2.24, 2.45) is 0 Å². The summed E-state index contributed by atoms with van der Waals surface area (Å²) in [5.41, 5.74) is 0. The molecule has 1 aliphatic rings. The molecule has 1 saturated heterocycles. The van der Waals surface area contributed by atoms with Crippen LogP contribution in [0.4, 0.5) is 0 Å². The van der Waals surface area contributed by atoms with Gasteiger partial charge in [-0.1, -0.05) is 0 Å². The molecule has 0 spiro atoms. The zero-order valence-corrected chi connectivity index (χ0v) is 7.58. The van der Waals surface area contributed by atoms with Crippen LogP contribution >= 0.6 is 11.8 Å². The lowest BCUT2D eigenvalue weighted by atomic mass is 10.2. The molecule has 0 aromatic rings. The fourth-order valence-electron chi connectivity index (χ4n) is 1.15. The van der Waals surface area contributed by atoms with Crippen molar-refractivity contribution >= 4 is 21.8 Å². The Balaban J connectivity index is 2.58. The molecule has 0 aliphatic carbocycles. The summed E-state index contributed by atoms with van der Waals surface area (Å²) >= 11 is 5.06. The zero-order chi connectivity index (χ0) is 8.32. The monoisotopic (exact) mass is 198 g/mol. The lowest BCUT2D eigenvalue weighted by molar-refractivity contribution is 0.495. The van der Waals surface area contributed by atoms with Crippen LogP contribution in [0.1, 0.15) is 12.8 Å². The summed E-state index contributed by atoms with van der Waals surface area (Å²) in [6.45, 7) is 1.40. The van der Waals surface area contributed by atoms with Gasteiger partial charge in [0, 0.05) is 6.54 Å². The first-order valence-corrected chi connectivity index (χ1v) is 5.41. The van der Waals surface area contributed by atoms with Gasteiger partial charge in [0.25, 0.3) is 0 Å². The van der Waals surface area contributed by atoms with Gasteiger partial charge in [-0.25, -0.2) is 8.42 Å². The van der Waals surface area contributed by atoms with E-state index >= 15 is 0 Å². The number of hydrogen-bond donors (Lipinski definition) is 2. The normalized spacial score (nSPS) is 26.8. The van der Waals surface area contributed by atoms with Crippen LogP contribution < -0.4 is 9.56 Å². The highest BCUT2D eigenvalue weighted by atomic mass is 35.5. The molecule has 1 heterocycles. The summed E-state index contributed by atoms with van der Waals surface area (Å²) in [5.74, 6) is 0. The first kappa shape index (κ1) is 9.25. The van der Waals surface area contributed by atoms with Gasteiger partial charge in [-0.3, -0.25) is 0 Å². The van der Waals surface area contributed by atoms with Crippen molar-refractivity contribution in [2.45, 2.75) is 18.1 Å². The van der Waals surface area contributed by atoms with Gasteiger partial charge in [0.05, 0.1) is 5.25 Å². The van der Waals surface area contributed by atoms with E-state index in [0.717, 1.165) is 13.0 Å². The molecule has 4 nitrogen and oxygen atoms in total. The van der Waals surface area contributed by atoms with Gasteiger partial charge in [0.1, 0.15) is 0 Å². The van der Waals surface area contributed by atoms with Gasteiger partial charge in [-0.15, -0.1) is 4.24 Å². The van der Waals surface area contributed by atoms with Crippen LogP contribution in [0.3, 0.4) is 0 Å². The minimum atomic E-state index is -3.27. The van der Waals surface area contributed by atoms with Crippen LogP contribution in [0.25, 0.3) is 0 Å². The third-order valence-corrected chi connectivity index (χ3v) is 3.94. The van der Waals surface area contributed by atoms with Gasteiger partial charge < -0.3 is 5.32 Å². The fraction of sp³-hybridized carbons (Fsp3) is 1.00. The number of rotatable bonds is 2. The van der Waals surface area contributed by atoms with E-state index in [4.69, 9.17) is 11.8 Å². The molecule has 0 aromatic heterocycles. The van der Waals surface area contributed by atoms with Crippen LogP contribution in [0.5, 0.6) is 0 Å². The Hall–Kier alpha value is 0.160. The molecule has 0 saturated carbocycles. The second-order valence-electron chi connectivity index (χ2n) is 2.59. The molecule has 0 aromatic carbocycles. The average Bonchev–Trinajstić information content (AvgIpc) is 2.06. The lowest BCUT2D eigenvalue weighted by Crippen LogP contribution is -2.41. The van der Waals surface area contributed by atoms with Crippen molar-refractivity contribution in [1.82, 2.24) is 9.56 Å². The van der Waals surface area contributed by atoms with Crippen LogP contribution in [-0.2, 0) is 10.0 Å². The third-order valence-electron chi connectivity index (χ3n) is 1.80. The second kappa shape index (κ2) is 3.71. The highest BCUT2D eigenvalue weighted by molar-refractivity contribution is 7.91. The molecule has 1 atom stereocenters.